The molecule has 0 bridgehead atoms. The van der Waals surface area contributed by atoms with E-state index < -0.39 is 0 Å². The van der Waals surface area contributed by atoms with E-state index in [1.54, 1.807) is 19.0 Å². The lowest BCUT2D eigenvalue weighted by molar-refractivity contribution is -0.136. The second-order valence-electron chi connectivity index (χ2n) is 9.01. The van der Waals surface area contributed by atoms with Crippen molar-refractivity contribution < 1.29 is 9.59 Å². The zero-order valence-electron chi connectivity index (χ0n) is 21.3. The van der Waals surface area contributed by atoms with Gasteiger partial charge in [-0.25, -0.2) is 4.99 Å². The number of rotatable bonds is 12. The van der Waals surface area contributed by atoms with Gasteiger partial charge in [0.05, 0.1) is 0 Å². The van der Waals surface area contributed by atoms with Crippen LogP contribution in [0.1, 0.15) is 79.1 Å². The van der Waals surface area contributed by atoms with E-state index in [1.807, 2.05) is 4.90 Å². The average molecular weight is 566 g/mol. The number of hydrogen-bond donors (Lipinski definition) is 2. The average Bonchev–Trinajstić information content (AvgIpc) is 2.78. The lowest BCUT2D eigenvalue weighted by Gasteiger charge is -2.35. The Morgan fingerprint density at radius 1 is 1.06 bits per heavy atom. The first-order chi connectivity index (χ1) is 14.9. The number of hydrogen-bond acceptors (Lipinski definition) is 3. The predicted molar refractivity (Wildman–Crippen MR) is 145 cm³/mol. The van der Waals surface area contributed by atoms with Crippen LogP contribution in [-0.2, 0) is 9.59 Å². The standard InChI is InChI=1S/C24H47N5O2.HI/c1-7-11-12-19(8-2)17-25-24(26-18-22(30)28(5)6)27-21-13-15-29(16-14-21)23(31)20(9-3)10-4;/h19-21H,7-18H2,1-6H3,(H2,25,26,27);1H. The van der Waals surface area contributed by atoms with E-state index >= 15 is 0 Å². The summed E-state index contributed by atoms with van der Waals surface area (Å²) in [5.41, 5.74) is 0. The Hall–Kier alpha value is -1.06. The lowest BCUT2D eigenvalue weighted by Crippen LogP contribution is -2.51. The van der Waals surface area contributed by atoms with E-state index in [0.717, 1.165) is 57.7 Å². The molecule has 1 fully saturated rings. The van der Waals surface area contributed by atoms with Crippen LogP contribution in [0.5, 0.6) is 0 Å². The molecule has 0 aromatic carbocycles. The minimum atomic E-state index is -0.00952. The zero-order valence-corrected chi connectivity index (χ0v) is 23.6. The molecule has 0 aliphatic carbocycles. The molecule has 1 aliphatic rings. The third-order valence-corrected chi connectivity index (χ3v) is 6.46. The molecule has 2 N–H and O–H groups in total. The van der Waals surface area contributed by atoms with Crippen LogP contribution in [0.3, 0.4) is 0 Å². The summed E-state index contributed by atoms with van der Waals surface area (Å²) in [5.74, 6) is 1.76. The Bertz CT molecular complexity index is 559. The summed E-state index contributed by atoms with van der Waals surface area (Å²) in [4.78, 5) is 32.8. The fraction of sp³-hybridized carbons (Fsp3) is 0.875. The number of unbranched alkanes of at least 4 members (excludes halogenated alkanes) is 1. The van der Waals surface area contributed by atoms with Gasteiger partial charge in [0.2, 0.25) is 11.8 Å². The SMILES string of the molecule is CCCCC(CC)CNC(=NCC(=O)N(C)C)NC1CCN(C(=O)C(CC)CC)CC1.I. The molecule has 32 heavy (non-hydrogen) atoms. The summed E-state index contributed by atoms with van der Waals surface area (Å²) in [6.07, 6.45) is 8.41. The van der Waals surface area contributed by atoms with Crippen LogP contribution in [0.4, 0.5) is 0 Å². The topological polar surface area (TPSA) is 77.0 Å². The van der Waals surface area contributed by atoms with Gasteiger partial charge >= 0.3 is 0 Å². The Kier molecular flexibility index (Phi) is 16.8. The molecule has 0 aromatic rings. The fourth-order valence-corrected chi connectivity index (χ4v) is 3.96. The number of guanidine groups is 1. The van der Waals surface area contributed by atoms with Crippen molar-refractivity contribution in [2.45, 2.75) is 85.1 Å². The summed E-state index contributed by atoms with van der Waals surface area (Å²) in [5, 5.41) is 7.01. The summed E-state index contributed by atoms with van der Waals surface area (Å²) in [7, 11) is 3.51. The second-order valence-corrected chi connectivity index (χ2v) is 9.01. The van der Waals surface area contributed by atoms with Crippen molar-refractivity contribution in [3.8, 4) is 0 Å². The highest BCUT2D eigenvalue weighted by molar-refractivity contribution is 14.0. The lowest BCUT2D eigenvalue weighted by atomic mass is 9.98. The minimum absolute atomic E-state index is 0. The van der Waals surface area contributed by atoms with Crippen molar-refractivity contribution in [2.24, 2.45) is 16.8 Å². The number of likely N-dealkylation sites (tertiary alicyclic amines) is 1. The first-order valence-corrected chi connectivity index (χ1v) is 12.4. The van der Waals surface area contributed by atoms with Crippen LogP contribution < -0.4 is 10.6 Å². The quantitative estimate of drug-likeness (QED) is 0.214. The van der Waals surface area contributed by atoms with Gasteiger partial charge in [0.25, 0.3) is 0 Å². The monoisotopic (exact) mass is 565 g/mol. The Morgan fingerprint density at radius 2 is 1.69 bits per heavy atom. The van der Waals surface area contributed by atoms with Gasteiger partial charge in [-0.15, -0.1) is 24.0 Å². The maximum Gasteiger partial charge on any atom is 0.243 e. The van der Waals surface area contributed by atoms with Crippen molar-refractivity contribution in [3.63, 3.8) is 0 Å². The largest absolute Gasteiger partial charge is 0.356 e. The molecule has 0 radical (unpaired) electrons. The number of piperidine rings is 1. The number of carbonyl (C=O) groups excluding carboxylic acids is 2. The Balaban J connectivity index is 0.00000961. The number of nitrogens with one attached hydrogen (secondary N) is 2. The van der Waals surface area contributed by atoms with Gasteiger partial charge in [-0.05, 0) is 38.0 Å². The summed E-state index contributed by atoms with van der Waals surface area (Å²) >= 11 is 0. The normalized spacial score (nSPS) is 15.8. The molecule has 1 aliphatic heterocycles. The molecular formula is C24H48IN5O2. The van der Waals surface area contributed by atoms with Crippen LogP contribution in [-0.4, -0.2) is 73.9 Å². The highest BCUT2D eigenvalue weighted by atomic mass is 127. The number of likely N-dealkylation sites (N-methyl/N-ethyl adjacent to an activating group) is 1. The molecule has 1 atom stereocenters. The molecule has 1 saturated heterocycles. The van der Waals surface area contributed by atoms with Gasteiger partial charge in [0.1, 0.15) is 6.54 Å². The third kappa shape index (κ3) is 11.2. The molecule has 2 amide bonds. The van der Waals surface area contributed by atoms with Crippen LogP contribution >= 0.6 is 24.0 Å². The highest BCUT2D eigenvalue weighted by Gasteiger charge is 2.27. The Morgan fingerprint density at radius 3 is 2.19 bits per heavy atom. The van der Waals surface area contributed by atoms with Crippen molar-refractivity contribution in [1.82, 2.24) is 20.4 Å². The smallest absolute Gasteiger partial charge is 0.243 e. The molecule has 8 heteroatoms. The van der Waals surface area contributed by atoms with E-state index in [9.17, 15) is 9.59 Å². The van der Waals surface area contributed by atoms with E-state index in [2.05, 4.69) is 43.3 Å². The molecular weight excluding hydrogens is 517 g/mol. The molecule has 0 saturated carbocycles. The maximum absolute atomic E-state index is 12.7. The van der Waals surface area contributed by atoms with E-state index in [4.69, 9.17) is 0 Å². The highest BCUT2D eigenvalue weighted by Crippen LogP contribution is 2.17. The minimum Gasteiger partial charge on any atom is -0.356 e. The van der Waals surface area contributed by atoms with Gasteiger partial charge in [-0.3, -0.25) is 9.59 Å². The molecule has 188 valence electrons. The van der Waals surface area contributed by atoms with E-state index in [-0.39, 0.29) is 48.4 Å². The first kappa shape index (κ1) is 30.9. The van der Waals surface area contributed by atoms with Gasteiger partial charge in [-0.2, -0.15) is 0 Å². The summed E-state index contributed by atoms with van der Waals surface area (Å²) in [6.45, 7) is 11.2. The van der Waals surface area contributed by atoms with Crippen LogP contribution in [0.25, 0.3) is 0 Å². The molecule has 1 rings (SSSR count). The zero-order chi connectivity index (χ0) is 23.2. The van der Waals surface area contributed by atoms with Crippen molar-refractivity contribution in [1.29, 1.82) is 0 Å². The van der Waals surface area contributed by atoms with E-state index in [0.29, 0.717) is 11.8 Å². The maximum atomic E-state index is 12.7. The van der Waals surface area contributed by atoms with Crippen molar-refractivity contribution >= 4 is 41.8 Å². The number of carbonyl (C=O) groups is 2. The summed E-state index contributed by atoms with van der Waals surface area (Å²) in [6, 6.07) is 0.266. The summed E-state index contributed by atoms with van der Waals surface area (Å²) < 4.78 is 0. The molecule has 7 nitrogen and oxygen atoms in total. The number of nitrogens with zero attached hydrogens (tertiary/aromatic N) is 3. The molecule has 1 unspecified atom stereocenters. The van der Waals surface area contributed by atoms with Gasteiger partial charge in [0, 0.05) is 45.7 Å². The van der Waals surface area contributed by atoms with Gasteiger partial charge < -0.3 is 20.4 Å². The van der Waals surface area contributed by atoms with E-state index in [1.165, 1.54) is 19.3 Å². The number of amides is 2. The van der Waals surface area contributed by atoms with Gasteiger partial charge in [-0.1, -0.05) is 47.0 Å². The number of halogens is 1. The fourth-order valence-electron chi connectivity index (χ4n) is 3.96. The van der Waals surface area contributed by atoms with Crippen molar-refractivity contribution in [3.05, 3.63) is 0 Å². The molecule has 0 spiro atoms. The second kappa shape index (κ2) is 17.4. The van der Waals surface area contributed by atoms with Crippen molar-refractivity contribution in [2.75, 3.05) is 40.3 Å². The van der Waals surface area contributed by atoms with Gasteiger partial charge in [0.15, 0.2) is 5.96 Å². The molecule has 0 aromatic heterocycles. The third-order valence-electron chi connectivity index (χ3n) is 6.46. The van der Waals surface area contributed by atoms with Crippen LogP contribution in [0.2, 0.25) is 0 Å². The Labute approximate surface area is 213 Å². The first-order valence-electron chi connectivity index (χ1n) is 12.4. The van der Waals surface area contributed by atoms with Crippen LogP contribution in [0.15, 0.2) is 4.99 Å². The predicted octanol–water partition coefficient (Wildman–Crippen LogP) is 3.87. The number of aliphatic imine (C=N–C) groups is 1. The molecule has 1 heterocycles. The van der Waals surface area contributed by atoms with Crippen LogP contribution in [0, 0.1) is 11.8 Å².